The molecule has 2 heteroatoms. The molecule has 0 bridgehead atoms. The molecule has 0 aliphatic heterocycles. The van der Waals surface area contributed by atoms with Crippen molar-refractivity contribution in [3.05, 3.63) is 70.5 Å². The standard InChI is InChI=1S/C27H36FN/c1-19(2)21-8-12-24-22(16-21)9-13-25-26(3,14-5-15-27(24,25)4)18-29-17-20-6-10-23(28)11-7-20/h6-8,10-12,16,19,25,29H,5,9,13-15,17-18H2,1-4H3. The molecular weight excluding hydrogens is 357 g/mol. The molecule has 3 atom stereocenters. The summed E-state index contributed by atoms with van der Waals surface area (Å²) in [6.45, 7) is 11.5. The number of fused-ring (bicyclic) bond motifs is 3. The van der Waals surface area contributed by atoms with Gasteiger partial charge in [-0.25, -0.2) is 4.39 Å². The Hall–Kier alpha value is -1.67. The minimum Gasteiger partial charge on any atom is -0.312 e. The van der Waals surface area contributed by atoms with Gasteiger partial charge < -0.3 is 5.32 Å². The zero-order valence-corrected chi connectivity index (χ0v) is 18.5. The Morgan fingerprint density at radius 3 is 2.55 bits per heavy atom. The third kappa shape index (κ3) is 3.89. The third-order valence-corrected chi connectivity index (χ3v) is 7.94. The molecule has 4 rings (SSSR count). The van der Waals surface area contributed by atoms with E-state index < -0.39 is 0 Å². The summed E-state index contributed by atoms with van der Waals surface area (Å²) in [5.74, 6) is 1.14. The molecule has 2 aromatic carbocycles. The Bertz CT molecular complexity index is 855. The van der Waals surface area contributed by atoms with Crippen LogP contribution in [0.5, 0.6) is 0 Å². The van der Waals surface area contributed by atoms with Crippen LogP contribution in [0.2, 0.25) is 0 Å². The summed E-state index contributed by atoms with van der Waals surface area (Å²) in [7, 11) is 0. The van der Waals surface area contributed by atoms with Crippen molar-refractivity contribution in [2.24, 2.45) is 11.3 Å². The van der Waals surface area contributed by atoms with Crippen LogP contribution in [0.25, 0.3) is 0 Å². The van der Waals surface area contributed by atoms with E-state index in [-0.39, 0.29) is 11.2 Å². The molecular formula is C27H36FN. The smallest absolute Gasteiger partial charge is 0.123 e. The van der Waals surface area contributed by atoms with Crippen molar-refractivity contribution in [1.82, 2.24) is 5.32 Å². The van der Waals surface area contributed by atoms with E-state index in [1.165, 1.54) is 37.7 Å². The normalized spacial score (nSPS) is 28.8. The Morgan fingerprint density at radius 1 is 1.07 bits per heavy atom. The molecule has 2 aromatic rings. The highest BCUT2D eigenvalue weighted by Crippen LogP contribution is 2.57. The van der Waals surface area contributed by atoms with Crippen LogP contribution in [-0.4, -0.2) is 6.54 Å². The molecule has 1 fully saturated rings. The minimum absolute atomic E-state index is 0.162. The van der Waals surface area contributed by atoms with Crippen LogP contribution in [0.1, 0.15) is 81.5 Å². The molecule has 1 N–H and O–H groups in total. The molecule has 1 nitrogen and oxygen atoms in total. The number of aryl methyl sites for hydroxylation is 1. The zero-order chi connectivity index (χ0) is 20.6. The number of halogens is 1. The fraction of sp³-hybridized carbons (Fsp3) is 0.556. The van der Waals surface area contributed by atoms with Gasteiger partial charge in [0, 0.05) is 13.1 Å². The fourth-order valence-corrected chi connectivity index (χ4v) is 6.31. The minimum atomic E-state index is -0.162. The molecule has 0 spiro atoms. The Balaban J connectivity index is 1.52. The molecule has 156 valence electrons. The maximum atomic E-state index is 13.2. The molecule has 29 heavy (non-hydrogen) atoms. The van der Waals surface area contributed by atoms with E-state index in [9.17, 15) is 4.39 Å². The second kappa shape index (κ2) is 7.87. The molecule has 2 aliphatic rings. The highest BCUT2D eigenvalue weighted by atomic mass is 19.1. The van der Waals surface area contributed by atoms with E-state index in [0.29, 0.717) is 17.3 Å². The second-order valence-electron chi connectivity index (χ2n) is 10.3. The summed E-state index contributed by atoms with van der Waals surface area (Å²) in [6.07, 6.45) is 6.40. The number of hydrogen-bond donors (Lipinski definition) is 1. The van der Waals surface area contributed by atoms with Crippen LogP contribution in [0.15, 0.2) is 42.5 Å². The Labute approximate surface area is 176 Å². The average molecular weight is 394 g/mol. The Morgan fingerprint density at radius 2 is 1.83 bits per heavy atom. The molecule has 1 saturated carbocycles. The first-order valence-corrected chi connectivity index (χ1v) is 11.4. The molecule has 0 heterocycles. The van der Waals surface area contributed by atoms with Crippen molar-refractivity contribution in [2.45, 2.75) is 77.7 Å². The summed E-state index contributed by atoms with van der Waals surface area (Å²) in [5.41, 5.74) is 6.44. The van der Waals surface area contributed by atoms with Gasteiger partial charge in [0.1, 0.15) is 5.82 Å². The van der Waals surface area contributed by atoms with Crippen LogP contribution in [-0.2, 0) is 18.4 Å². The first-order chi connectivity index (χ1) is 13.8. The molecule has 0 saturated heterocycles. The average Bonchev–Trinajstić information content (AvgIpc) is 2.69. The number of benzene rings is 2. The molecule has 2 aliphatic carbocycles. The fourth-order valence-electron chi connectivity index (χ4n) is 6.31. The first-order valence-electron chi connectivity index (χ1n) is 11.4. The third-order valence-electron chi connectivity index (χ3n) is 7.94. The van der Waals surface area contributed by atoms with Gasteiger partial charge in [-0.1, -0.05) is 64.4 Å². The van der Waals surface area contributed by atoms with E-state index in [0.717, 1.165) is 18.7 Å². The maximum absolute atomic E-state index is 13.2. The van der Waals surface area contributed by atoms with Crippen LogP contribution >= 0.6 is 0 Å². The SMILES string of the molecule is CC(C)c1ccc2c(c1)CCC1C(C)(CNCc3ccc(F)cc3)CCCC21C. The van der Waals surface area contributed by atoms with Crippen molar-refractivity contribution in [3.8, 4) is 0 Å². The van der Waals surface area contributed by atoms with E-state index in [1.807, 2.05) is 12.1 Å². The molecule has 3 unspecified atom stereocenters. The van der Waals surface area contributed by atoms with Gasteiger partial charge in [0.15, 0.2) is 0 Å². The van der Waals surface area contributed by atoms with E-state index in [2.05, 4.69) is 51.2 Å². The van der Waals surface area contributed by atoms with Gasteiger partial charge in [-0.05, 0) is 82.7 Å². The van der Waals surface area contributed by atoms with Crippen molar-refractivity contribution in [3.63, 3.8) is 0 Å². The van der Waals surface area contributed by atoms with Crippen LogP contribution in [0.3, 0.4) is 0 Å². The molecule has 0 amide bonds. The number of rotatable bonds is 5. The van der Waals surface area contributed by atoms with Crippen molar-refractivity contribution in [2.75, 3.05) is 6.54 Å². The lowest BCUT2D eigenvalue weighted by Crippen LogP contribution is -2.52. The van der Waals surface area contributed by atoms with Gasteiger partial charge in [-0.15, -0.1) is 0 Å². The van der Waals surface area contributed by atoms with Crippen molar-refractivity contribution in [1.29, 1.82) is 0 Å². The summed E-state index contributed by atoms with van der Waals surface area (Å²) >= 11 is 0. The van der Waals surface area contributed by atoms with Gasteiger partial charge >= 0.3 is 0 Å². The Kier molecular flexibility index (Phi) is 5.59. The quantitative estimate of drug-likeness (QED) is 0.592. The summed E-state index contributed by atoms with van der Waals surface area (Å²) in [5, 5.41) is 3.71. The predicted molar refractivity (Wildman–Crippen MR) is 120 cm³/mol. The topological polar surface area (TPSA) is 12.0 Å². The maximum Gasteiger partial charge on any atom is 0.123 e. The van der Waals surface area contributed by atoms with E-state index in [4.69, 9.17) is 0 Å². The van der Waals surface area contributed by atoms with Gasteiger partial charge in [0.2, 0.25) is 0 Å². The summed E-state index contributed by atoms with van der Waals surface area (Å²) in [6, 6.07) is 14.2. The number of nitrogens with one attached hydrogen (secondary N) is 1. The van der Waals surface area contributed by atoms with Gasteiger partial charge in [0.25, 0.3) is 0 Å². The van der Waals surface area contributed by atoms with Crippen LogP contribution < -0.4 is 5.32 Å². The molecule has 0 radical (unpaired) electrons. The highest BCUT2D eigenvalue weighted by molar-refractivity contribution is 5.42. The second-order valence-corrected chi connectivity index (χ2v) is 10.3. The lowest BCUT2D eigenvalue weighted by Gasteiger charge is -2.55. The van der Waals surface area contributed by atoms with Crippen LogP contribution in [0, 0.1) is 17.2 Å². The monoisotopic (exact) mass is 393 g/mol. The predicted octanol–water partition coefficient (Wildman–Crippen LogP) is 6.75. The lowest BCUT2D eigenvalue weighted by atomic mass is 9.49. The van der Waals surface area contributed by atoms with E-state index >= 15 is 0 Å². The number of hydrogen-bond acceptors (Lipinski definition) is 1. The largest absolute Gasteiger partial charge is 0.312 e. The lowest BCUT2D eigenvalue weighted by molar-refractivity contribution is 0.0257. The van der Waals surface area contributed by atoms with Crippen molar-refractivity contribution >= 4 is 0 Å². The van der Waals surface area contributed by atoms with E-state index in [1.54, 1.807) is 23.3 Å². The van der Waals surface area contributed by atoms with Gasteiger partial charge in [0.05, 0.1) is 0 Å². The summed E-state index contributed by atoms with van der Waals surface area (Å²) in [4.78, 5) is 0. The van der Waals surface area contributed by atoms with Gasteiger partial charge in [-0.3, -0.25) is 0 Å². The highest BCUT2D eigenvalue weighted by Gasteiger charge is 2.51. The molecule has 0 aromatic heterocycles. The zero-order valence-electron chi connectivity index (χ0n) is 18.5. The van der Waals surface area contributed by atoms with Crippen molar-refractivity contribution < 1.29 is 4.39 Å². The first kappa shape index (κ1) is 20.6. The summed E-state index contributed by atoms with van der Waals surface area (Å²) < 4.78 is 13.2. The van der Waals surface area contributed by atoms with Gasteiger partial charge in [-0.2, -0.15) is 0 Å². The van der Waals surface area contributed by atoms with Crippen LogP contribution in [0.4, 0.5) is 4.39 Å².